The second-order valence-corrected chi connectivity index (χ2v) is 4.53. The van der Waals surface area contributed by atoms with Gasteiger partial charge in [-0.3, -0.25) is 10.1 Å². The Bertz CT molecular complexity index is 787. The number of hydrogen-bond acceptors (Lipinski definition) is 5. The molecule has 0 aliphatic carbocycles. The molecule has 1 N–H and O–H groups in total. The molecule has 0 radical (unpaired) electrons. The van der Waals surface area contributed by atoms with Gasteiger partial charge in [0.25, 0.3) is 5.69 Å². The van der Waals surface area contributed by atoms with Crippen molar-refractivity contribution in [1.82, 2.24) is 9.97 Å². The lowest BCUT2D eigenvalue weighted by Gasteiger charge is -2.05. The third-order valence-electron chi connectivity index (χ3n) is 3.09. The van der Waals surface area contributed by atoms with Crippen LogP contribution < -0.4 is 5.32 Å². The zero-order valence-corrected chi connectivity index (χ0v) is 11.1. The van der Waals surface area contributed by atoms with Crippen molar-refractivity contribution < 1.29 is 4.92 Å². The fourth-order valence-corrected chi connectivity index (χ4v) is 1.97. The Labute approximate surface area is 120 Å². The summed E-state index contributed by atoms with van der Waals surface area (Å²) in [6, 6.07) is 14.1. The molecule has 1 heterocycles. The molecular weight excluding hydrogens is 268 g/mol. The van der Waals surface area contributed by atoms with Gasteiger partial charge in [0, 0.05) is 30.3 Å². The van der Waals surface area contributed by atoms with Crippen LogP contribution >= 0.6 is 0 Å². The predicted octanol–water partition coefficient (Wildman–Crippen LogP) is 3.15. The van der Waals surface area contributed by atoms with Crippen molar-refractivity contribution in [2.24, 2.45) is 0 Å². The SMILES string of the molecule is O=[N+]([O-])c1ccc(CNc2ncc3ccccc3n2)cc1. The van der Waals surface area contributed by atoms with Gasteiger partial charge in [0.15, 0.2) is 0 Å². The second kappa shape index (κ2) is 5.54. The Morgan fingerprint density at radius 2 is 1.86 bits per heavy atom. The van der Waals surface area contributed by atoms with Gasteiger partial charge in [-0.05, 0) is 11.6 Å². The van der Waals surface area contributed by atoms with Gasteiger partial charge >= 0.3 is 0 Å². The van der Waals surface area contributed by atoms with Crippen LogP contribution in [0.5, 0.6) is 0 Å². The topological polar surface area (TPSA) is 81.0 Å². The summed E-state index contributed by atoms with van der Waals surface area (Å²) < 4.78 is 0. The van der Waals surface area contributed by atoms with E-state index in [0.29, 0.717) is 12.5 Å². The summed E-state index contributed by atoms with van der Waals surface area (Å²) in [5.41, 5.74) is 1.89. The Hall–Kier alpha value is -3.02. The minimum Gasteiger partial charge on any atom is -0.350 e. The van der Waals surface area contributed by atoms with Gasteiger partial charge in [-0.2, -0.15) is 0 Å². The first kappa shape index (κ1) is 13.0. The van der Waals surface area contributed by atoms with Crippen LogP contribution in [0, 0.1) is 10.1 Å². The van der Waals surface area contributed by atoms with Crippen LogP contribution in [-0.2, 0) is 6.54 Å². The van der Waals surface area contributed by atoms with E-state index >= 15 is 0 Å². The number of aromatic nitrogens is 2. The third-order valence-corrected chi connectivity index (χ3v) is 3.09. The number of non-ortho nitro benzene ring substituents is 1. The summed E-state index contributed by atoms with van der Waals surface area (Å²) in [4.78, 5) is 18.8. The Morgan fingerprint density at radius 3 is 2.62 bits per heavy atom. The number of nitro groups is 1. The van der Waals surface area contributed by atoms with Crippen LogP contribution in [0.2, 0.25) is 0 Å². The van der Waals surface area contributed by atoms with Crippen molar-refractivity contribution >= 4 is 22.5 Å². The van der Waals surface area contributed by atoms with E-state index in [1.807, 2.05) is 24.3 Å². The fourth-order valence-electron chi connectivity index (χ4n) is 1.97. The van der Waals surface area contributed by atoms with Crippen LogP contribution in [0.25, 0.3) is 10.9 Å². The van der Waals surface area contributed by atoms with Crippen molar-refractivity contribution in [2.45, 2.75) is 6.54 Å². The molecule has 21 heavy (non-hydrogen) atoms. The number of rotatable bonds is 4. The van der Waals surface area contributed by atoms with E-state index in [4.69, 9.17) is 0 Å². The fraction of sp³-hybridized carbons (Fsp3) is 0.0667. The summed E-state index contributed by atoms with van der Waals surface area (Å²) >= 11 is 0. The molecule has 0 unspecified atom stereocenters. The molecule has 6 heteroatoms. The molecule has 0 bridgehead atoms. The summed E-state index contributed by atoms with van der Waals surface area (Å²) in [5.74, 6) is 0.534. The van der Waals surface area contributed by atoms with Crippen molar-refractivity contribution in [3.63, 3.8) is 0 Å². The number of benzene rings is 2. The summed E-state index contributed by atoms with van der Waals surface area (Å²) in [7, 11) is 0. The van der Waals surface area contributed by atoms with E-state index < -0.39 is 4.92 Å². The third kappa shape index (κ3) is 2.94. The maximum Gasteiger partial charge on any atom is 0.269 e. The van der Waals surface area contributed by atoms with Crippen molar-refractivity contribution in [1.29, 1.82) is 0 Å². The molecule has 0 aliphatic rings. The lowest BCUT2D eigenvalue weighted by molar-refractivity contribution is -0.384. The molecule has 0 amide bonds. The number of nitrogens with zero attached hydrogens (tertiary/aromatic N) is 3. The minimum absolute atomic E-state index is 0.0840. The highest BCUT2D eigenvalue weighted by Gasteiger charge is 2.04. The average Bonchev–Trinajstić information content (AvgIpc) is 2.53. The Morgan fingerprint density at radius 1 is 1.10 bits per heavy atom. The maximum absolute atomic E-state index is 10.6. The molecule has 0 spiro atoms. The van der Waals surface area contributed by atoms with E-state index in [2.05, 4.69) is 15.3 Å². The van der Waals surface area contributed by atoms with Crippen molar-refractivity contribution in [2.75, 3.05) is 5.32 Å². The molecule has 2 aromatic carbocycles. The van der Waals surface area contributed by atoms with Crippen LogP contribution in [0.3, 0.4) is 0 Å². The van der Waals surface area contributed by atoms with Gasteiger partial charge in [-0.1, -0.05) is 30.3 Å². The van der Waals surface area contributed by atoms with Gasteiger partial charge in [0.1, 0.15) is 0 Å². The molecule has 3 rings (SSSR count). The summed E-state index contributed by atoms with van der Waals surface area (Å²) in [6.45, 7) is 0.510. The van der Waals surface area contributed by atoms with Crippen molar-refractivity contribution in [3.05, 3.63) is 70.4 Å². The summed E-state index contributed by atoms with van der Waals surface area (Å²) in [6.07, 6.45) is 1.76. The standard InChI is InChI=1S/C15H12N4O2/c20-19(21)13-7-5-11(6-8-13)9-16-15-17-10-12-3-1-2-4-14(12)18-15/h1-8,10H,9H2,(H,16,17,18). The molecule has 0 fully saturated rings. The maximum atomic E-state index is 10.6. The number of anilines is 1. The molecule has 0 saturated carbocycles. The lowest BCUT2D eigenvalue weighted by atomic mass is 10.2. The quantitative estimate of drug-likeness (QED) is 0.586. The van der Waals surface area contributed by atoms with E-state index in [-0.39, 0.29) is 5.69 Å². The van der Waals surface area contributed by atoms with Crippen LogP contribution in [0.15, 0.2) is 54.7 Å². The minimum atomic E-state index is -0.413. The van der Waals surface area contributed by atoms with E-state index in [0.717, 1.165) is 16.5 Å². The molecule has 3 aromatic rings. The Balaban J connectivity index is 1.72. The molecule has 0 atom stereocenters. The zero-order chi connectivity index (χ0) is 14.7. The van der Waals surface area contributed by atoms with Gasteiger partial charge in [0.2, 0.25) is 5.95 Å². The first-order valence-electron chi connectivity index (χ1n) is 6.41. The van der Waals surface area contributed by atoms with Crippen LogP contribution in [0.1, 0.15) is 5.56 Å². The highest BCUT2D eigenvalue weighted by molar-refractivity contribution is 5.78. The highest BCUT2D eigenvalue weighted by Crippen LogP contribution is 2.14. The van der Waals surface area contributed by atoms with Crippen LogP contribution in [0.4, 0.5) is 11.6 Å². The van der Waals surface area contributed by atoms with Crippen LogP contribution in [-0.4, -0.2) is 14.9 Å². The number of para-hydroxylation sites is 1. The number of nitro benzene ring substituents is 1. The first-order valence-corrected chi connectivity index (χ1v) is 6.41. The van der Waals surface area contributed by atoms with Gasteiger partial charge in [-0.15, -0.1) is 0 Å². The van der Waals surface area contributed by atoms with Gasteiger partial charge in [-0.25, -0.2) is 9.97 Å². The van der Waals surface area contributed by atoms with E-state index in [1.165, 1.54) is 12.1 Å². The summed E-state index contributed by atoms with van der Waals surface area (Å²) in [5, 5.41) is 14.7. The van der Waals surface area contributed by atoms with Gasteiger partial charge < -0.3 is 5.32 Å². The van der Waals surface area contributed by atoms with Crippen molar-refractivity contribution in [3.8, 4) is 0 Å². The number of nitrogens with one attached hydrogen (secondary N) is 1. The molecule has 1 aromatic heterocycles. The largest absolute Gasteiger partial charge is 0.350 e. The zero-order valence-electron chi connectivity index (χ0n) is 11.1. The van der Waals surface area contributed by atoms with E-state index in [9.17, 15) is 10.1 Å². The molecular formula is C15H12N4O2. The Kier molecular flexibility index (Phi) is 3.42. The molecule has 6 nitrogen and oxygen atoms in total. The molecule has 0 saturated heterocycles. The first-order chi connectivity index (χ1) is 10.2. The molecule has 104 valence electrons. The van der Waals surface area contributed by atoms with E-state index in [1.54, 1.807) is 18.3 Å². The van der Waals surface area contributed by atoms with Gasteiger partial charge in [0.05, 0.1) is 10.4 Å². The predicted molar refractivity (Wildman–Crippen MR) is 80.0 cm³/mol. The second-order valence-electron chi connectivity index (χ2n) is 4.53. The molecule has 0 aliphatic heterocycles. The lowest BCUT2D eigenvalue weighted by Crippen LogP contribution is -2.03. The number of fused-ring (bicyclic) bond motifs is 1. The number of hydrogen-bond donors (Lipinski definition) is 1. The average molecular weight is 280 g/mol. The highest BCUT2D eigenvalue weighted by atomic mass is 16.6. The monoisotopic (exact) mass is 280 g/mol. The normalized spacial score (nSPS) is 10.5. The smallest absolute Gasteiger partial charge is 0.269 e.